The van der Waals surface area contributed by atoms with Crippen molar-refractivity contribution in [1.29, 1.82) is 0 Å². The number of halogens is 2. The minimum absolute atomic E-state index is 0.0618. The van der Waals surface area contributed by atoms with Crippen LogP contribution in [0.5, 0.6) is 0 Å². The van der Waals surface area contributed by atoms with E-state index in [0.717, 1.165) is 28.7 Å². The van der Waals surface area contributed by atoms with Gasteiger partial charge in [-0.3, -0.25) is 4.98 Å². The average molecular weight is 351 g/mol. The van der Waals surface area contributed by atoms with Gasteiger partial charge in [0.2, 0.25) is 0 Å². The maximum atomic E-state index is 14.2. The van der Waals surface area contributed by atoms with Crippen molar-refractivity contribution in [3.05, 3.63) is 63.6 Å². The van der Waals surface area contributed by atoms with Crippen LogP contribution in [-0.4, -0.2) is 11.5 Å². The molecule has 1 heterocycles. The molecule has 0 aliphatic carbocycles. The highest BCUT2D eigenvalue weighted by molar-refractivity contribution is 9.10. The van der Waals surface area contributed by atoms with E-state index in [1.807, 2.05) is 37.4 Å². The number of rotatable bonds is 6. The molecule has 0 saturated heterocycles. The predicted octanol–water partition coefficient (Wildman–Crippen LogP) is 4.58. The maximum Gasteiger partial charge on any atom is 0.129 e. The fourth-order valence-corrected chi connectivity index (χ4v) is 2.56. The van der Waals surface area contributed by atoms with E-state index in [4.69, 9.17) is 0 Å². The predicted molar refractivity (Wildman–Crippen MR) is 87.8 cm³/mol. The van der Waals surface area contributed by atoms with Crippen LogP contribution < -0.4 is 5.32 Å². The Morgan fingerprint density at radius 2 is 2.10 bits per heavy atom. The lowest BCUT2D eigenvalue weighted by atomic mass is 10.0. The van der Waals surface area contributed by atoms with E-state index in [1.54, 1.807) is 0 Å². The summed E-state index contributed by atoms with van der Waals surface area (Å²) in [5, 5.41) is 3.41. The van der Waals surface area contributed by atoms with Gasteiger partial charge in [0.1, 0.15) is 5.82 Å². The monoisotopic (exact) mass is 350 g/mol. The Morgan fingerprint density at radius 3 is 2.71 bits per heavy atom. The van der Waals surface area contributed by atoms with Gasteiger partial charge in [-0.1, -0.05) is 35.0 Å². The smallest absolute Gasteiger partial charge is 0.129 e. The average Bonchev–Trinajstić information content (AvgIpc) is 2.46. The van der Waals surface area contributed by atoms with E-state index in [2.05, 4.69) is 33.2 Å². The molecule has 2 rings (SSSR count). The van der Waals surface area contributed by atoms with Crippen LogP contribution in [-0.2, 0) is 6.42 Å². The van der Waals surface area contributed by atoms with Crippen LogP contribution in [0.25, 0.3) is 0 Å². The molecule has 1 N–H and O–H groups in total. The lowest BCUT2D eigenvalue weighted by molar-refractivity contribution is 0.493. The van der Waals surface area contributed by atoms with Crippen LogP contribution >= 0.6 is 15.9 Å². The maximum absolute atomic E-state index is 14.2. The summed E-state index contributed by atoms with van der Waals surface area (Å²) in [5.74, 6) is -0.190. The molecule has 1 aromatic carbocycles. The Labute approximate surface area is 133 Å². The van der Waals surface area contributed by atoms with Crippen LogP contribution in [0.3, 0.4) is 0 Å². The lowest BCUT2D eigenvalue weighted by Crippen LogP contribution is -2.25. The molecule has 2 aromatic rings. The van der Waals surface area contributed by atoms with Gasteiger partial charge >= 0.3 is 0 Å². The van der Waals surface area contributed by atoms with Gasteiger partial charge in [-0.2, -0.15) is 0 Å². The Morgan fingerprint density at radius 1 is 1.29 bits per heavy atom. The summed E-state index contributed by atoms with van der Waals surface area (Å²) >= 11 is 3.30. The molecule has 0 aliphatic heterocycles. The van der Waals surface area contributed by atoms with E-state index in [9.17, 15) is 4.39 Å². The Kier molecular flexibility index (Phi) is 5.88. The molecule has 0 bridgehead atoms. The third-order valence-electron chi connectivity index (χ3n) is 3.36. The third kappa shape index (κ3) is 4.61. The van der Waals surface area contributed by atoms with Crippen molar-refractivity contribution in [2.45, 2.75) is 32.7 Å². The molecule has 112 valence electrons. The molecule has 1 atom stereocenters. The third-order valence-corrected chi connectivity index (χ3v) is 3.86. The number of nitrogens with one attached hydrogen (secondary N) is 1. The highest BCUT2D eigenvalue weighted by Gasteiger charge is 2.16. The van der Waals surface area contributed by atoms with Gasteiger partial charge in [0.25, 0.3) is 0 Å². The summed E-state index contributed by atoms with van der Waals surface area (Å²) in [6.07, 6.45) is 3.54. The molecule has 21 heavy (non-hydrogen) atoms. The van der Waals surface area contributed by atoms with Gasteiger partial charge < -0.3 is 5.32 Å². The molecule has 0 radical (unpaired) electrons. The summed E-state index contributed by atoms with van der Waals surface area (Å²) < 4.78 is 15.0. The fourth-order valence-electron chi connectivity index (χ4n) is 2.22. The molecule has 0 spiro atoms. The number of nitrogens with zero attached hydrogens (tertiary/aromatic N) is 1. The second-order valence-electron chi connectivity index (χ2n) is 5.20. The first-order chi connectivity index (χ1) is 10.1. The largest absolute Gasteiger partial charge is 0.310 e. The summed E-state index contributed by atoms with van der Waals surface area (Å²) in [6, 6.07) is 9.21. The summed E-state index contributed by atoms with van der Waals surface area (Å²) in [5.41, 5.74) is 2.79. The second kappa shape index (κ2) is 7.66. The first kappa shape index (κ1) is 16.1. The van der Waals surface area contributed by atoms with Crippen molar-refractivity contribution in [3.8, 4) is 0 Å². The molecule has 0 fully saturated rings. The normalized spacial score (nSPS) is 12.4. The number of hydrogen-bond acceptors (Lipinski definition) is 2. The number of aryl methyl sites for hydroxylation is 1. The number of pyridine rings is 1. The number of benzene rings is 1. The first-order valence-corrected chi connectivity index (χ1v) is 7.99. The highest BCUT2D eigenvalue weighted by Crippen LogP contribution is 2.23. The van der Waals surface area contributed by atoms with Crippen molar-refractivity contribution in [2.24, 2.45) is 0 Å². The van der Waals surface area contributed by atoms with Crippen molar-refractivity contribution in [2.75, 3.05) is 6.54 Å². The number of aromatic nitrogens is 1. The topological polar surface area (TPSA) is 24.9 Å². The summed E-state index contributed by atoms with van der Waals surface area (Å²) in [6.45, 7) is 4.97. The molecule has 0 saturated carbocycles. The van der Waals surface area contributed by atoms with E-state index in [-0.39, 0.29) is 11.9 Å². The molecule has 1 aromatic heterocycles. The second-order valence-corrected chi connectivity index (χ2v) is 6.12. The SMILES string of the molecule is CCCNC(Cc1ccc(C)cn1)c1ccc(Br)cc1F. The zero-order valence-corrected chi connectivity index (χ0v) is 14.0. The molecule has 0 aliphatic rings. The molecule has 0 amide bonds. The van der Waals surface area contributed by atoms with E-state index < -0.39 is 0 Å². The van der Waals surface area contributed by atoms with Crippen LogP contribution in [0, 0.1) is 12.7 Å². The van der Waals surface area contributed by atoms with Crippen molar-refractivity contribution >= 4 is 15.9 Å². The fraction of sp³-hybridized carbons (Fsp3) is 0.353. The minimum Gasteiger partial charge on any atom is -0.310 e. The van der Waals surface area contributed by atoms with Crippen LogP contribution in [0.4, 0.5) is 4.39 Å². The Balaban J connectivity index is 2.22. The zero-order valence-electron chi connectivity index (χ0n) is 12.4. The molecule has 1 unspecified atom stereocenters. The lowest BCUT2D eigenvalue weighted by Gasteiger charge is -2.19. The van der Waals surface area contributed by atoms with Crippen molar-refractivity contribution in [1.82, 2.24) is 10.3 Å². The van der Waals surface area contributed by atoms with Gasteiger partial charge in [-0.15, -0.1) is 0 Å². The highest BCUT2D eigenvalue weighted by atomic mass is 79.9. The van der Waals surface area contributed by atoms with Crippen molar-refractivity contribution < 1.29 is 4.39 Å². The van der Waals surface area contributed by atoms with Gasteiger partial charge in [0, 0.05) is 34.4 Å². The van der Waals surface area contributed by atoms with Crippen LogP contribution in [0.1, 0.15) is 36.2 Å². The molecular weight excluding hydrogens is 331 g/mol. The van der Waals surface area contributed by atoms with E-state index >= 15 is 0 Å². The number of hydrogen-bond donors (Lipinski definition) is 1. The molecule has 2 nitrogen and oxygen atoms in total. The van der Waals surface area contributed by atoms with E-state index in [1.165, 1.54) is 6.07 Å². The van der Waals surface area contributed by atoms with Gasteiger partial charge in [-0.05, 0) is 43.7 Å². The Hall–Kier alpha value is -1.26. The summed E-state index contributed by atoms with van der Waals surface area (Å²) in [4.78, 5) is 4.43. The van der Waals surface area contributed by atoms with E-state index in [0.29, 0.717) is 12.0 Å². The zero-order chi connectivity index (χ0) is 15.2. The molecule has 4 heteroatoms. The molecular formula is C17H20BrFN2. The first-order valence-electron chi connectivity index (χ1n) is 7.20. The van der Waals surface area contributed by atoms with Crippen LogP contribution in [0.15, 0.2) is 41.0 Å². The van der Waals surface area contributed by atoms with Crippen molar-refractivity contribution in [3.63, 3.8) is 0 Å². The summed E-state index contributed by atoms with van der Waals surface area (Å²) in [7, 11) is 0. The van der Waals surface area contributed by atoms with Crippen LogP contribution in [0.2, 0.25) is 0 Å². The quantitative estimate of drug-likeness (QED) is 0.824. The van der Waals surface area contributed by atoms with Gasteiger partial charge in [0.15, 0.2) is 0 Å². The standard InChI is InChI=1S/C17H20BrFN2/c1-3-8-20-17(10-14-6-4-12(2)11-21-14)15-7-5-13(18)9-16(15)19/h4-7,9,11,17,20H,3,8,10H2,1-2H3. The van der Waals surface area contributed by atoms with Gasteiger partial charge in [0.05, 0.1) is 0 Å². The van der Waals surface area contributed by atoms with Gasteiger partial charge in [-0.25, -0.2) is 4.39 Å². The minimum atomic E-state index is -0.190. The Bertz CT molecular complexity index is 584.